The molecule has 15 heavy (non-hydrogen) atoms. The van der Waals surface area contributed by atoms with Crippen LogP contribution < -0.4 is 5.73 Å². The van der Waals surface area contributed by atoms with Crippen LogP contribution in [0.2, 0.25) is 0 Å². The summed E-state index contributed by atoms with van der Waals surface area (Å²) in [5.41, 5.74) is 3.23. The predicted molar refractivity (Wildman–Crippen MR) is 41.3 cm³/mol. The van der Waals surface area contributed by atoms with Crippen LogP contribution in [0.3, 0.4) is 0 Å². The number of rotatable bonds is 3. The monoisotopic (exact) mass is 229 g/mol. The number of alkyl halides is 5. The predicted octanol–water partition coefficient (Wildman–Crippen LogP) is 1.56. The summed E-state index contributed by atoms with van der Waals surface area (Å²) in [6, 6.07) is 0.545. The van der Waals surface area contributed by atoms with Crippen LogP contribution in [-0.4, -0.2) is 22.7 Å². The van der Waals surface area contributed by atoms with Crippen molar-refractivity contribution in [3.8, 4) is 0 Å². The SMILES string of the molecule is NCC(F)(F)Cc1cc(C(F)(F)F)n[nH]1. The average molecular weight is 229 g/mol. The molecule has 0 fully saturated rings. The first kappa shape index (κ1) is 11.9. The fourth-order valence-electron chi connectivity index (χ4n) is 0.948. The van der Waals surface area contributed by atoms with Crippen molar-refractivity contribution in [3.63, 3.8) is 0 Å². The molecule has 0 saturated carbocycles. The Labute approximate surface area is 81.5 Å². The number of hydrogen-bond donors (Lipinski definition) is 2. The fourth-order valence-corrected chi connectivity index (χ4v) is 0.948. The van der Waals surface area contributed by atoms with Crippen LogP contribution in [0.4, 0.5) is 22.0 Å². The molecule has 0 bridgehead atoms. The van der Waals surface area contributed by atoms with E-state index in [-0.39, 0.29) is 5.69 Å². The van der Waals surface area contributed by atoms with E-state index in [0.29, 0.717) is 6.07 Å². The first-order valence-electron chi connectivity index (χ1n) is 3.94. The maximum Gasteiger partial charge on any atom is 0.435 e. The quantitative estimate of drug-likeness (QED) is 0.773. The highest BCUT2D eigenvalue weighted by molar-refractivity contribution is 5.13. The van der Waals surface area contributed by atoms with E-state index in [1.165, 1.54) is 0 Å². The molecule has 0 unspecified atom stereocenters. The lowest BCUT2D eigenvalue weighted by atomic mass is 10.2. The Morgan fingerprint density at radius 1 is 1.27 bits per heavy atom. The minimum Gasteiger partial charge on any atom is -0.325 e. The van der Waals surface area contributed by atoms with E-state index in [1.54, 1.807) is 0 Å². The van der Waals surface area contributed by atoms with Gasteiger partial charge in [-0.25, -0.2) is 8.78 Å². The van der Waals surface area contributed by atoms with Gasteiger partial charge < -0.3 is 5.73 Å². The molecule has 3 nitrogen and oxygen atoms in total. The molecule has 0 aliphatic carbocycles. The molecule has 0 amide bonds. The minimum atomic E-state index is -4.63. The zero-order valence-electron chi connectivity index (χ0n) is 7.41. The molecule has 86 valence electrons. The number of nitrogens with zero attached hydrogens (tertiary/aromatic N) is 1. The molecule has 0 saturated heterocycles. The second-order valence-corrected chi connectivity index (χ2v) is 3.01. The van der Waals surface area contributed by atoms with Crippen LogP contribution in [0.25, 0.3) is 0 Å². The summed E-state index contributed by atoms with van der Waals surface area (Å²) in [5, 5.41) is 4.78. The number of nitrogens with one attached hydrogen (secondary N) is 1. The lowest BCUT2D eigenvalue weighted by Crippen LogP contribution is -2.30. The van der Waals surface area contributed by atoms with Crippen molar-refractivity contribution in [2.45, 2.75) is 18.5 Å². The summed E-state index contributed by atoms with van der Waals surface area (Å²) in [6.45, 7) is -0.923. The van der Waals surface area contributed by atoms with Crippen molar-refractivity contribution < 1.29 is 22.0 Å². The highest BCUT2D eigenvalue weighted by atomic mass is 19.4. The zero-order chi connectivity index (χ0) is 11.7. The lowest BCUT2D eigenvalue weighted by molar-refractivity contribution is -0.141. The Hall–Kier alpha value is -1.18. The smallest absolute Gasteiger partial charge is 0.325 e. The van der Waals surface area contributed by atoms with E-state index >= 15 is 0 Å². The molecule has 0 aromatic carbocycles. The van der Waals surface area contributed by atoms with E-state index in [0.717, 1.165) is 0 Å². The van der Waals surface area contributed by atoms with Crippen LogP contribution in [0.1, 0.15) is 11.4 Å². The topological polar surface area (TPSA) is 54.7 Å². The molecule has 8 heteroatoms. The van der Waals surface area contributed by atoms with Crippen LogP contribution in [0, 0.1) is 0 Å². The summed E-state index contributed by atoms with van der Waals surface area (Å²) in [5.74, 6) is -3.23. The van der Waals surface area contributed by atoms with Gasteiger partial charge >= 0.3 is 6.18 Å². The van der Waals surface area contributed by atoms with Crippen molar-refractivity contribution in [2.75, 3.05) is 6.54 Å². The van der Waals surface area contributed by atoms with Gasteiger partial charge in [0.25, 0.3) is 5.92 Å². The molecule has 1 rings (SSSR count). The first-order chi connectivity index (χ1) is 6.74. The number of H-pyrrole nitrogens is 1. The summed E-state index contributed by atoms with van der Waals surface area (Å²) >= 11 is 0. The minimum absolute atomic E-state index is 0.294. The molecule has 1 heterocycles. The van der Waals surface area contributed by atoms with Gasteiger partial charge in [0.1, 0.15) is 0 Å². The fraction of sp³-hybridized carbons (Fsp3) is 0.571. The van der Waals surface area contributed by atoms with Crippen LogP contribution in [-0.2, 0) is 12.6 Å². The molecule has 1 aromatic heterocycles. The number of nitrogens with two attached hydrogens (primary N) is 1. The molecule has 3 N–H and O–H groups in total. The summed E-state index contributed by atoms with van der Waals surface area (Å²) in [7, 11) is 0. The molecule has 0 aliphatic rings. The molecule has 0 atom stereocenters. The van der Waals surface area contributed by atoms with Gasteiger partial charge in [-0.3, -0.25) is 5.10 Å². The van der Waals surface area contributed by atoms with Crippen LogP contribution in [0.5, 0.6) is 0 Å². The summed E-state index contributed by atoms with van der Waals surface area (Å²) < 4.78 is 61.4. The first-order valence-corrected chi connectivity index (χ1v) is 3.94. The van der Waals surface area contributed by atoms with Gasteiger partial charge in [-0.2, -0.15) is 18.3 Å². The molecular weight excluding hydrogens is 221 g/mol. The Morgan fingerprint density at radius 2 is 1.87 bits per heavy atom. The zero-order valence-corrected chi connectivity index (χ0v) is 7.41. The highest BCUT2D eigenvalue weighted by Crippen LogP contribution is 2.28. The number of aromatic nitrogens is 2. The standard InChI is InChI=1S/C7H8F5N3/c8-6(9,3-13)2-4-1-5(15-14-4)7(10,11)12/h1H,2-3,13H2,(H,14,15). The van der Waals surface area contributed by atoms with Gasteiger partial charge in [-0.15, -0.1) is 0 Å². The lowest BCUT2D eigenvalue weighted by Gasteiger charge is -2.11. The maximum absolute atomic E-state index is 12.7. The largest absolute Gasteiger partial charge is 0.435 e. The van der Waals surface area contributed by atoms with Gasteiger partial charge in [0, 0.05) is 5.69 Å². The van der Waals surface area contributed by atoms with Gasteiger partial charge in [-0.05, 0) is 6.07 Å². The van der Waals surface area contributed by atoms with Gasteiger partial charge in [0.2, 0.25) is 0 Å². The van der Waals surface area contributed by atoms with Gasteiger partial charge in [-0.1, -0.05) is 0 Å². The molecule has 1 aromatic rings. The van der Waals surface area contributed by atoms with Crippen molar-refractivity contribution in [3.05, 3.63) is 17.5 Å². The Kier molecular flexibility index (Phi) is 2.98. The van der Waals surface area contributed by atoms with Crippen LogP contribution in [0.15, 0.2) is 6.07 Å². The third-order valence-corrected chi connectivity index (χ3v) is 1.67. The Bertz CT molecular complexity index is 330. The third kappa shape index (κ3) is 3.15. The second kappa shape index (κ2) is 3.76. The van der Waals surface area contributed by atoms with E-state index < -0.39 is 30.8 Å². The summed E-state index contributed by atoms with van der Waals surface area (Å²) in [4.78, 5) is 0. The maximum atomic E-state index is 12.7. The molecule has 0 spiro atoms. The Balaban J connectivity index is 2.78. The van der Waals surface area contributed by atoms with Crippen molar-refractivity contribution >= 4 is 0 Å². The van der Waals surface area contributed by atoms with Crippen molar-refractivity contribution in [1.29, 1.82) is 0 Å². The molecular formula is C7H8F5N3. The number of aromatic amines is 1. The average Bonchev–Trinajstić information content (AvgIpc) is 2.51. The van der Waals surface area contributed by atoms with Crippen molar-refractivity contribution in [2.24, 2.45) is 5.73 Å². The van der Waals surface area contributed by atoms with E-state index in [2.05, 4.69) is 5.10 Å². The number of hydrogen-bond acceptors (Lipinski definition) is 2. The second-order valence-electron chi connectivity index (χ2n) is 3.01. The van der Waals surface area contributed by atoms with Gasteiger partial charge in [0.15, 0.2) is 5.69 Å². The number of halogens is 5. The molecule has 0 radical (unpaired) electrons. The Morgan fingerprint density at radius 3 is 2.27 bits per heavy atom. The highest BCUT2D eigenvalue weighted by Gasteiger charge is 2.35. The van der Waals surface area contributed by atoms with Crippen LogP contribution >= 0.6 is 0 Å². The van der Waals surface area contributed by atoms with E-state index in [1.807, 2.05) is 5.10 Å². The molecule has 0 aliphatic heterocycles. The van der Waals surface area contributed by atoms with E-state index in [9.17, 15) is 22.0 Å². The third-order valence-electron chi connectivity index (χ3n) is 1.67. The van der Waals surface area contributed by atoms with Crippen molar-refractivity contribution in [1.82, 2.24) is 10.2 Å². The van der Waals surface area contributed by atoms with Gasteiger partial charge in [0.05, 0.1) is 13.0 Å². The summed E-state index contributed by atoms with van der Waals surface area (Å²) in [6.07, 6.45) is -5.51. The normalized spacial score (nSPS) is 13.2. The van der Waals surface area contributed by atoms with E-state index in [4.69, 9.17) is 5.73 Å².